The molecule has 3 saturated carbocycles. The standard InChI is InChI=1S/C20H25N3O/c1-20(2)15-7-6-14(17(20)10-15)12-22-19(24)23-18-5-3-4-13-11-21-9-8-16(13)18/h3-5,8-9,11,14-15,17H,6-7,10,12H2,1-2H3,(H2,22,23,24). The van der Waals surface area contributed by atoms with Gasteiger partial charge in [-0.05, 0) is 54.6 Å². The lowest BCUT2D eigenvalue weighted by Gasteiger charge is -2.60. The number of pyridine rings is 1. The molecule has 3 fully saturated rings. The van der Waals surface area contributed by atoms with E-state index in [-0.39, 0.29) is 6.03 Å². The van der Waals surface area contributed by atoms with Crippen molar-refractivity contribution < 1.29 is 4.79 Å². The lowest BCUT2D eigenvalue weighted by atomic mass is 9.45. The Morgan fingerprint density at radius 2 is 2.17 bits per heavy atom. The Kier molecular flexibility index (Phi) is 3.70. The van der Waals surface area contributed by atoms with E-state index < -0.39 is 0 Å². The summed E-state index contributed by atoms with van der Waals surface area (Å²) in [7, 11) is 0. The summed E-state index contributed by atoms with van der Waals surface area (Å²) >= 11 is 0. The van der Waals surface area contributed by atoms with E-state index in [0.717, 1.165) is 34.8 Å². The number of carbonyl (C=O) groups excluding carboxylic acids is 1. The van der Waals surface area contributed by atoms with E-state index in [1.54, 1.807) is 6.20 Å². The molecule has 2 N–H and O–H groups in total. The first-order chi connectivity index (χ1) is 11.6. The number of urea groups is 1. The summed E-state index contributed by atoms with van der Waals surface area (Å²) in [6.07, 6.45) is 7.47. The number of carbonyl (C=O) groups is 1. The summed E-state index contributed by atoms with van der Waals surface area (Å²) in [5.41, 5.74) is 1.30. The van der Waals surface area contributed by atoms with Crippen LogP contribution in [-0.2, 0) is 0 Å². The summed E-state index contributed by atoms with van der Waals surface area (Å²) in [5, 5.41) is 8.14. The highest BCUT2D eigenvalue weighted by Crippen LogP contribution is 2.61. The molecule has 24 heavy (non-hydrogen) atoms. The first-order valence-corrected chi connectivity index (χ1v) is 8.93. The van der Waals surface area contributed by atoms with Crippen LogP contribution in [-0.4, -0.2) is 17.6 Å². The van der Waals surface area contributed by atoms with Gasteiger partial charge >= 0.3 is 6.03 Å². The van der Waals surface area contributed by atoms with Gasteiger partial charge in [-0.3, -0.25) is 4.98 Å². The molecule has 3 aliphatic rings. The topological polar surface area (TPSA) is 54.0 Å². The van der Waals surface area contributed by atoms with E-state index in [9.17, 15) is 4.79 Å². The van der Waals surface area contributed by atoms with Gasteiger partial charge in [0.05, 0.1) is 5.69 Å². The highest BCUT2D eigenvalue weighted by atomic mass is 16.2. The number of anilines is 1. The Morgan fingerprint density at radius 1 is 1.29 bits per heavy atom. The molecule has 2 bridgehead atoms. The van der Waals surface area contributed by atoms with E-state index in [4.69, 9.17) is 0 Å². The third kappa shape index (κ3) is 2.54. The SMILES string of the molecule is CC1(C)C2CCC(CNC(=O)Nc3cccc4cnccc34)C1C2. The molecular weight excluding hydrogens is 298 g/mol. The maximum absolute atomic E-state index is 12.3. The van der Waals surface area contributed by atoms with Crippen LogP contribution in [0.1, 0.15) is 33.1 Å². The second-order valence-corrected chi connectivity index (χ2v) is 7.94. The minimum absolute atomic E-state index is 0.112. The maximum Gasteiger partial charge on any atom is 0.319 e. The second kappa shape index (κ2) is 5.76. The van der Waals surface area contributed by atoms with Crippen molar-refractivity contribution in [2.45, 2.75) is 33.1 Å². The molecule has 0 spiro atoms. The van der Waals surface area contributed by atoms with Crippen molar-refractivity contribution in [1.82, 2.24) is 10.3 Å². The van der Waals surface area contributed by atoms with Crippen LogP contribution in [0, 0.1) is 23.2 Å². The van der Waals surface area contributed by atoms with E-state index >= 15 is 0 Å². The monoisotopic (exact) mass is 323 g/mol. The molecule has 4 heteroatoms. The van der Waals surface area contributed by atoms with Gasteiger partial charge in [0.1, 0.15) is 0 Å². The fourth-order valence-electron chi connectivity index (χ4n) is 4.83. The molecule has 1 aromatic carbocycles. The van der Waals surface area contributed by atoms with Crippen LogP contribution < -0.4 is 10.6 Å². The van der Waals surface area contributed by atoms with E-state index in [0.29, 0.717) is 11.3 Å². The highest BCUT2D eigenvalue weighted by molar-refractivity contribution is 6.01. The Balaban J connectivity index is 1.38. The van der Waals surface area contributed by atoms with Gasteiger partial charge in [0, 0.05) is 29.7 Å². The number of amides is 2. The van der Waals surface area contributed by atoms with Crippen LogP contribution in [0.15, 0.2) is 36.7 Å². The molecule has 3 unspecified atom stereocenters. The van der Waals surface area contributed by atoms with Crippen molar-refractivity contribution in [3.63, 3.8) is 0 Å². The molecule has 1 heterocycles. The van der Waals surface area contributed by atoms with Gasteiger partial charge in [-0.25, -0.2) is 4.79 Å². The summed E-state index contributed by atoms with van der Waals surface area (Å²) in [6, 6.07) is 7.70. The zero-order chi connectivity index (χ0) is 16.7. The number of hydrogen-bond acceptors (Lipinski definition) is 2. The summed E-state index contributed by atoms with van der Waals surface area (Å²) in [6.45, 7) is 5.56. The quantitative estimate of drug-likeness (QED) is 0.878. The molecule has 0 saturated heterocycles. The molecular formula is C20H25N3O. The van der Waals surface area contributed by atoms with Crippen molar-refractivity contribution in [1.29, 1.82) is 0 Å². The number of hydrogen-bond donors (Lipinski definition) is 2. The normalized spacial score (nSPS) is 27.3. The zero-order valence-corrected chi connectivity index (χ0v) is 14.4. The molecule has 126 valence electrons. The van der Waals surface area contributed by atoms with Crippen LogP contribution in [0.4, 0.5) is 10.5 Å². The number of fused-ring (bicyclic) bond motifs is 3. The van der Waals surface area contributed by atoms with Gasteiger partial charge in [-0.15, -0.1) is 0 Å². The number of nitrogens with zero attached hydrogens (tertiary/aromatic N) is 1. The van der Waals surface area contributed by atoms with Crippen LogP contribution in [0.25, 0.3) is 10.8 Å². The Hall–Kier alpha value is -2.10. The van der Waals surface area contributed by atoms with E-state index in [1.165, 1.54) is 19.3 Å². The van der Waals surface area contributed by atoms with Gasteiger partial charge in [-0.1, -0.05) is 26.0 Å². The smallest absolute Gasteiger partial charge is 0.319 e. The minimum atomic E-state index is -0.112. The first-order valence-electron chi connectivity index (χ1n) is 8.93. The maximum atomic E-state index is 12.3. The Morgan fingerprint density at radius 3 is 2.96 bits per heavy atom. The van der Waals surface area contributed by atoms with Crippen molar-refractivity contribution in [2.75, 3.05) is 11.9 Å². The Labute approximate surface area is 143 Å². The third-order valence-electron chi connectivity index (χ3n) is 6.46. The zero-order valence-electron chi connectivity index (χ0n) is 14.4. The number of nitrogens with one attached hydrogen (secondary N) is 2. The number of rotatable bonds is 3. The molecule has 1 aromatic heterocycles. The molecule has 0 aliphatic heterocycles. The van der Waals surface area contributed by atoms with Crippen molar-refractivity contribution in [3.8, 4) is 0 Å². The third-order valence-corrected chi connectivity index (χ3v) is 6.46. The lowest BCUT2D eigenvalue weighted by molar-refractivity contribution is -0.103. The molecule has 5 rings (SSSR count). The summed E-state index contributed by atoms with van der Waals surface area (Å²) < 4.78 is 0. The molecule has 4 nitrogen and oxygen atoms in total. The first kappa shape index (κ1) is 15.4. The van der Waals surface area contributed by atoms with Gasteiger partial charge < -0.3 is 10.6 Å². The van der Waals surface area contributed by atoms with Crippen LogP contribution in [0.3, 0.4) is 0 Å². The highest BCUT2D eigenvalue weighted by Gasteiger charge is 2.53. The molecule has 0 radical (unpaired) electrons. The van der Waals surface area contributed by atoms with Gasteiger partial charge in [0.25, 0.3) is 0 Å². The van der Waals surface area contributed by atoms with Crippen molar-refractivity contribution in [3.05, 3.63) is 36.7 Å². The predicted molar refractivity (Wildman–Crippen MR) is 96.9 cm³/mol. The minimum Gasteiger partial charge on any atom is -0.338 e. The average molecular weight is 323 g/mol. The average Bonchev–Trinajstić information content (AvgIpc) is 2.60. The number of benzene rings is 1. The van der Waals surface area contributed by atoms with Crippen LogP contribution in [0.5, 0.6) is 0 Å². The van der Waals surface area contributed by atoms with Gasteiger partial charge in [0.15, 0.2) is 0 Å². The van der Waals surface area contributed by atoms with Gasteiger partial charge in [-0.2, -0.15) is 0 Å². The van der Waals surface area contributed by atoms with Crippen molar-refractivity contribution >= 4 is 22.5 Å². The van der Waals surface area contributed by atoms with Crippen LogP contribution >= 0.6 is 0 Å². The molecule has 2 aromatic rings. The fourth-order valence-corrected chi connectivity index (χ4v) is 4.83. The fraction of sp³-hybridized carbons (Fsp3) is 0.500. The Bertz CT molecular complexity index is 763. The predicted octanol–water partition coefficient (Wildman–Crippen LogP) is 4.43. The number of aromatic nitrogens is 1. The van der Waals surface area contributed by atoms with Gasteiger partial charge in [0.2, 0.25) is 0 Å². The molecule has 3 aliphatic carbocycles. The largest absolute Gasteiger partial charge is 0.338 e. The molecule has 2 amide bonds. The summed E-state index contributed by atoms with van der Waals surface area (Å²) in [4.78, 5) is 16.5. The summed E-state index contributed by atoms with van der Waals surface area (Å²) in [5.74, 6) is 2.28. The second-order valence-electron chi connectivity index (χ2n) is 7.94. The van der Waals surface area contributed by atoms with Crippen molar-refractivity contribution in [2.24, 2.45) is 23.2 Å². The molecule has 3 atom stereocenters. The van der Waals surface area contributed by atoms with E-state index in [1.807, 2.05) is 30.5 Å². The lowest BCUT2D eigenvalue weighted by Crippen LogP contribution is -2.54. The van der Waals surface area contributed by atoms with E-state index in [2.05, 4.69) is 29.5 Å². The van der Waals surface area contributed by atoms with Crippen LogP contribution in [0.2, 0.25) is 0 Å².